The Kier molecular flexibility index (Phi) is 4.71. The molecule has 0 aliphatic rings. The number of carbonyl (C=O) groups excluding carboxylic acids is 1. The van der Waals surface area contributed by atoms with Crippen LogP contribution in [0.15, 0.2) is 59.1 Å². The van der Waals surface area contributed by atoms with Gasteiger partial charge in [-0.25, -0.2) is 4.79 Å². The van der Waals surface area contributed by atoms with Gasteiger partial charge in [0.05, 0.1) is 0 Å². The molecule has 0 aliphatic heterocycles. The molecule has 0 bridgehead atoms. The first-order valence-corrected chi connectivity index (χ1v) is 7.27. The topological polar surface area (TPSA) is 97.5 Å². The zero-order valence-electron chi connectivity index (χ0n) is 12.7. The Morgan fingerprint density at radius 1 is 1.17 bits per heavy atom. The zero-order valence-corrected chi connectivity index (χ0v) is 12.7. The van der Waals surface area contributed by atoms with Gasteiger partial charge in [0.15, 0.2) is 0 Å². The highest BCUT2D eigenvalue weighted by Gasteiger charge is 2.10. The molecule has 0 spiro atoms. The number of phenols is 1. The van der Waals surface area contributed by atoms with Crippen molar-refractivity contribution in [2.45, 2.75) is 13.2 Å². The van der Waals surface area contributed by atoms with Crippen LogP contribution >= 0.6 is 0 Å². The molecule has 1 amide bonds. The van der Waals surface area contributed by atoms with Crippen LogP contribution in [0.5, 0.6) is 5.75 Å². The number of rotatable bonds is 5. The number of aromatic hydroxyl groups is 1. The molecule has 0 fully saturated rings. The van der Waals surface area contributed by atoms with Crippen molar-refractivity contribution in [1.82, 2.24) is 15.5 Å². The van der Waals surface area contributed by atoms with E-state index in [0.29, 0.717) is 11.4 Å². The first-order chi connectivity index (χ1) is 11.7. The molecule has 3 aromatic rings. The number of carbonyl (C=O) groups is 1. The average Bonchev–Trinajstić information content (AvgIpc) is 3.08. The first-order valence-electron chi connectivity index (χ1n) is 7.27. The molecule has 0 saturated heterocycles. The maximum atomic E-state index is 11.7. The van der Waals surface area contributed by atoms with Crippen molar-refractivity contribution in [3.63, 3.8) is 0 Å². The summed E-state index contributed by atoms with van der Waals surface area (Å²) < 4.78 is 10.1. The van der Waals surface area contributed by atoms with Gasteiger partial charge in [0.25, 0.3) is 0 Å². The van der Waals surface area contributed by atoms with Crippen LogP contribution in [0.4, 0.5) is 4.79 Å². The molecule has 0 radical (unpaired) electrons. The number of aromatic nitrogens is 2. The summed E-state index contributed by atoms with van der Waals surface area (Å²) in [5, 5.41) is 15.8. The van der Waals surface area contributed by atoms with Crippen LogP contribution in [0.25, 0.3) is 11.4 Å². The molecule has 2 N–H and O–H groups in total. The fourth-order valence-corrected chi connectivity index (χ4v) is 2.01. The number of nitrogens with zero attached hydrogens (tertiary/aromatic N) is 2. The summed E-state index contributed by atoms with van der Waals surface area (Å²) in [5.74, 6) is 0.687. The van der Waals surface area contributed by atoms with E-state index in [4.69, 9.17) is 9.26 Å². The van der Waals surface area contributed by atoms with Gasteiger partial charge in [0, 0.05) is 5.56 Å². The number of hydrogen-bond donors (Lipinski definition) is 2. The lowest BCUT2D eigenvalue weighted by molar-refractivity contribution is 0.138. The smallest absolute Gasteiger partial charge is 0.407 e. The number of phenolic OH excluding ortho intramolecular Hbond substituents is 1. The highest BCUT2D eigenvalue weighted by atomic mass is 16.5. The Bertz CT molecular complexity index is 817. The second kappa shape index (κ2) is 7.28. The number of ether oxygens (including phenoxy) is 1. The zero-order chi connectivity index (χ0) is 16.8. The maximum Gasteiger partial charge on any atom is 0.407 e. The highest BCUT2D eigenvalue weighted by Crippen LogP contribution is 2.20. The van der Waals surface area contributed by atoms with Crippen molar-refractivity contribution < 1.29 is 19.2 Å². The second-order valence-electron chi connectivity index (χ2n) is 4.98. The van der Waals surface area contributed by atoms with E-state index >= 15 is 0 Å². The van der Waals surface area contributed by atoms with E-state index in [2.05, 4.69) is 15.5 Å². The van der Waals surface area contributed by atoms with Crippen molar-refractivity contribution in [2.24, 2.45) is 0 Å². The minimum absolute atomic E-state index is 0.0550. The molecule has 0 aliphatic carbocycles. The monoisotopic (exact) mass is 325 g/mol. The van der Waals surface area contributed by atoms with Gasteiger partial charge in [-0.1, -0.05) is 47.6 Å². The molecule has 2 aromatic carbocycles. The third kappa shape index (κ3) is 4.10. The fourth-order valence-electron chi connectivity index (χ4n) is 2.01. The Morgan fingerprint density at radius 3 is 2.79 bits per heavy atom. The van der Waals surface area contributed by atoms with E-state index in [9.17, 15) is 9.90 Å². The fraction of sp³-hybridized carbons (Fsp3) is 0.118. The number of hydrogen-bond acceptors (Lipinski definition) is 6. The molecule has 122 valence electrons. The minimum atomic E-state index is -0.573. The normalized spacial score (nSPS) is 10.3. The number of benzene rings is 2. The van der Waals surface area contributed by atoms with E-state index in [0.717, 1.165) is 5.56 Å². The summed E-state index contributed by atoms with van der Waals surface area (Å²) in [6.45, 7) is 0.241. The van der Waals surface area contributed by atoms with Crippen LogP contribution in [-0.2, 0) is 17.9 Å². The SMILES string of the molecule is O=C(NCc1nc(-c2cccc(O)c2)no1)OCc1ccccc1. The van der Waals surface area contributed by atoms with Crippen LogP contribution in [-0.4, -0.2) is 21.3 Å². The summed E-state index contributed by atoms with van der Waals surface area (Å²) in [6.07, 6.45) is -0.573. The average molecular weight is 325 g/mol. The van der Waals surface area contributed by atoms with Crippen LogP contribution in [0.3, 0.4) is 0 Å². The van der Waals surface area contributed by atoms with Crippen LogP contribution < -0.4 is 5.32 Å². The summed E-state index contributed by atoms with van der Waals surface area (Å²) in [6, 6.07) is 15.9. The van der Waals surface area contributed by atoms with Gasteiger partial charge in [-0.3, -0.25) is 0 Å². The minimum Gasteiger partial charge on any atom is -0.508 e. The van der Waals surface area contributed by atoms with E-state index in [1.54, 1.807) is 18.2 Å². The molecule has 24 heavy (non-hydrogen) atoms. The lowest BCUT2D eigenvalue weighted by Gasteiger charge is -2.05. The Labute approximate surface area is 137 Å². The van der Waals surface area contributed by atoms with Crippen molar-refractivity contribution >= 4 is 6.09 Å². The molecule has 1 aromatic heterocycles. The van der Waals surface area contributed by atoms with Gasteiger partial charge < -0.3 is 19.7 Å². The highest BCUT2D eigenvalue weighted by molar-refractivity contribution is 5.67. The standard InChI is InChI=1S/C17H15N3O4/c21-14-8-4-7-13(9-14)16-19-15(24-20-16)10-18-17(22)23-11-12-5-2-1-3-6-12/h1-9,21H,10-11H2,(H,18,22). The lowest BCUT2D eigenvalue weighted by Crippen LogP contribution is -2.23. The van der Waals surface area contributed by atoms with Gasteiger partial charge >= 0.3 is 6.09 Å². The molecular formula is C17H15N3O4. The van der Waals surface area contributed by atoms with Crippen molar-refractivity contribution in [2.75, 3.05) is 0 Å². The summed E-state index contributed by atoms with van der Waals surface area (Å²) in [7, 11) is 0. The van der Waals surface area contributed by atoms with Crippen molar-refractivity contribution in [1.29, 1.82) is 0 Å². The second-order valence-corrected chi connectivity index (χ2v) is 4.98. The number of nitrogens with one attached hydrogen (secondary N) is 1. The van der Waals surface area contributed by atoms with Crippen LogP contribution in [0.1, 0.15) is 11.5 Å². The molecule has 3 rings (SSSR count). The van der Waals surface area contributed by atoms with Gasteiger partial charge in [-0.2, -0.15) is 4.98 Å². The third-order valence-electron chi connectivity index (χ3n) is 3.17. The van der Waals surface area contributed by atoms with Gasteiger partial charge in [0.1, 0.15) is 18.9 Å². The van der Waals surface area contributed by atoms with E-state index in [-0.39, 0.29) is 24.8 Å². The quantitative estimate of drug-likeness (QED) is 0.748. The van der Waals surface area contributed by atoms with Gasteiger partial charge in [-0.15, -0.1) is 0 Å². The van der Waals surface area contributed by atoms with Crippen molar-refractivity contribution in [3.8, 4) is 17.1 Å². The molecule has 7 nitrogen and oxygen atoms in total. The molecule has 1 heterocycles. The maximum absolute atomic E-state index is 11.7. The predicted molar refractivity (Wildman–Crippen MR) is 84.9 cm³/mol. The molecule has 7 heteroatoms. The Morgan fingerprint density at radius 2 is 2.00 bits per heavy atom. The van der Waals surface area contributed by atoms with E-state index < -0.39 is 6.09 Å². The summed E-state index contributed by atoms with van der Waals surface area (Å²) in [4.78, 5) is 15.8. The summed E-state index contributed by atoms with van der Waals surface area (Å²) in [5.41, 5.74) is 1.52. The van der Waals surface area contributed by atoms with E-state index in [1.165, 1.54) is 6.07 Å². The predicted octanol–water partition coefficient (Wildman–Crippen LogP) is 2.87. The van der Waals surface area contributed by atoms with Gasteiger partial charge in [0.2, 0.25) is 11.7 Å². The van der Waals surface area contributed by atoms with Gasteiger partial charge in [-0.05, 0) is 17.7 Å². The molecular weight excluding hydrogens is 310 g/mol. The van der Waals surface area contributed by atoms with Crippen molar-refractivity contribution in [3.05, 3.63) is 66.1 Å². The third-order valence-corrected chi connectivity index (χ3v) is 3.17. The lowest BCUT2D eigenvalue weighted by atomic mass is 10.2. The summed E-state index contributed by atoms with van der Waals surface area (Å²) >= 11 is 0. The largest absolute Gasteiger partial charge is 0.508 e. The molecule has 0 atom stereocenters. The molecule has 0 unspecified atom stereocenters. The number of alkyl carbamates (subject to hydrolysis) is 1. The Hall–Kier alpha value is -3.35. The number of amides is 1. The molecule has 0 saturated carbocycles. The van der Waals surface area contributed by atoms with Crippen LogP contribution in [0.2, 0.25) is 0 Å². The Balaban J connectivity index is 1.51. The first kappa shape index (κ1) is 15.5. The van der Waals surface area contributed by atoms with Crippen LogP contribution in [0, 0.1) is 0 Å². The van der Waals surface area contributed by atoms with E-state index in [1.807, 2.05) is 30.3 Å².